The van der Waals surface area contributed by atoms with Gasteiger partial charge in [0, 0.05) is 18.7 Å². The van der Waals surface area contributed by atoms with Gasteiger partial charge in [-0.1, -0.05) is 0 Å². The van der Waals surface area contributed by atoms with Crippen molar-refractivity contribution in [3.05, 3.63) is 23.5 Å². The third kappa shape index (κ3) is 2.30. The van der Waals surface area contributed by atoms with Gasteiger partial charge in [-0.25, -0.2) is 3.97 Å². The summed E-state index contributed by atoms with van der Waals surface area (Å²) in [6, 6.07) is 0.813. The van der Waals surface area contributed by atoms with Crippen molar-refractivity contribution >= 4 is 21.6 Å². The molecule has 0 N–H and O–H groups in total. The minimum Gasteiger partial charge on any atom is -0.294 e. The van der Waals surface area contributed by atoms with E-state index < -0.39 is 32.8 Å². The predicted octanol–water partition coefficient (Wildman–Crippen LogP) is 1.59. The third-order valence-corrected chi connectivity index (χ3v) is 3.51. The quantitative estimate of drug-likeness (QED) is 0.790. The van der Waals surface area contributed by atoms with Crippen LogP contribution in [0.3, 0.4) is 0 Å². The lowest BCUT2D eigenvalue weighted by molar-refractivity contribution is -0.0446. The van der Waals surface area contributed by atoms with Crippen LogP contribution in [0.2, 0.25) is 0 Å². The molecule has 9 heteroatoms. The van der Waals surface area contributed by atoms with Crippen molar-refractivity contribution < 1.29 is 31.2 Å². The Morgan fingerprint density at radius 1 is 1.17 bits per heavy atom. The largest absolute Gasteiger partial charge is 0.517 e. The monoisotopic (exact) mass is 283 g/mol. The van der Waals surface area contributed by atoms with Gasteiger partial charge in [-0.2, -0.15) is 21.6 Å². The van der Waals surface area contributed by atoms with Gasteiger partial charge in [-0.05, 0) is 13.0 Å². The van der Waals surface area contributed by atoms with Crippen LogP contribution in [0.5, 0.6) is 0 Å². The topological polar surface area (TPSA) is 73.2 Å². The Balaban J connectivity index is 3.60. The van der Waals surface area contributed by atoms with Crippen molar-refractivity contribution in [3.8, 4) is 0 Å². The van der Waals surface area contributed by atoms with E-state index in [0.29, 0.717) is 6.20 Å². The molecule has 1 heterocycles. The van der Waals surface area contributed by atoms with Crippen LogP contribution < -0.4 is 0 Å². The van der Waals surface area contributed by atoms with Crippen molar-refractivity contribution in [1.82, 2.24) is 3.97 Å². The average molecular weight is 283 g/mol. The first kappa shape index (κ1) is 14.4. The Morgan fingerprint density at radius 3 is 2.00 bits per heavy atom. The van der Waals surface area contributed by atoms with Crippen molar-refractivity contribution in [1.29, 1.82) is 0 Å². The summed E-state index contributed by atoms with van der Waals surface area (Å²) in [5, 5.41) is 0. The molecule has 18 heavy (non-hydrogen) atoms. The lowest BCUT2D eigenvalue weighted by Gasteiger charge is -2.10. The zero-order valence-corrected chi connectivity index (χ0v) is 10.1. The Morgan fingerprint density at radius 2 is 1.67 bits per heavy atom. The zero-order chi connectivity index (χ0) is 14.3. The van der Waals surface area contributed by atoms with Gasteiger partial charge in [-0.3, -0.25) is 9.59 Å². The van der Waals surface area contributed by atoms with Crippen LogP contribution in [0, 0.1) is 0 Å². The molecule has 0 amide bonds. The first-order valence-corrected chi connectivity index (χ1v) is 5.98. The molecule has 0 aliphatic heterocycles. The molecule has 0 spiro atoms. The predicted molar refractivity (Wildman–Crippen MR) is 54.8 cm³/mol. The summed E-state index contributed by atoms with van der Waals surface area (Å²) in [6.45, 7) is 1.95. The highest BCUT2D eigenvalue weighted by atomic mass is 32.2. The number of hydrogen-bond donors (Lipinski definition) is 0. The lowest BCUT2D eigenvalue weighted by atomic mass is 10.2. The van der Waals surface area contributed by atoms with E-state index in [0.717, 1.165) is 19.9 Å². The van der Waals surface area contributed by atoms with E-state index in [1.54, 1.807) is 0 Å². The Kier molecular flexibility index (Phi) is 3.39. The van der Waals surface area contributed by atoms with Crippen molar-refractivity contribution in [2.45, 2.75) is 19.4 Å². The highest BCUT2D eigenvalue weighted by Gasteiger charge is 2.48. The van der Waals surface area contributed by atoms with Crippen LogP contribution in [0.25, 0.3) is 0 Å². The first-order chi connectivity index (χ1) is 7.98. The van der Waals surface area contributed by atoms with Gasteiger partial charge in [0.25, 0.3) is 0 Å². The summed E-state index contributed by atoms with van der Waals surface area (Å²) in [5.74, 6) is -1.54. The van der Waals surface area contributed by atoms with E-state index in [1.165, 1.54) is 0 Å². The third-order valence-electron chi connectivity index (χ3n) is 2.10. The van der Waals surface area contributed by atoms with Gasteiger partial charge in [0.1, 0.15) is 5.69 Å². The molecule has 0 fully saturated rings. The van der Waals surface area contributed by atoms with Gasteiger partial charge in [0.2, 0.25) is 0 Å². The minimum atomic E-state index is -5.72. The maximum atomic E-state index is 12.4. The van der Waals surface area contributed by atoms with Crippen LogP contribution in [0.15, 0.2) is 12.3 Å². The van der Waals surface area contributed by atoms with Crippen LogP contribution in [0.4, 0.5) is 13.2 Å². The van der Waals surface area contributed by atoms with Crippen molar-refractivity contribution in [2.75, 3.05) is 0 Å². The summed E-state index contributed by atoms with van der Waals surface area (Å²) >= 11 is 0. The fourth-order valence-electron chi connectivity index (χ4n) is 1.20. The van der Waals surface area contributed by atoms with Crippen LogP contribution in [-0.2, 0) is 10.0 Å². The molecule has 0 radical (unpaired) electrons. The van der Waals surface area contributed by atoms with Gasteiger partial charge < -0.3 is 0 Å². The molecule has 0 bridgehead atoms. The summed E-state index contributed by atoms with van der Waals surface area (Å²) in [6.07, 6.45) is 0.488. The fraction of sp³-hybridized carbons (Fsp3) is 0.333. The molecule has 1 rings (SSSR count). The second-order valence-electron chi connectivity index (χ2n) is 3.47. The molecule has 1 aromatic rings. The normalized spacial score (nSPS) is 12.5. The van der Waals surface area contributed by atoms with E-state index in [2.05, 4.69) is 0 Å². The molecular weight excluding hydrogens is 275 g/mol. The SMILES string of the molecule is CC(=O)c1cc(C(C)=O)n(S(=O)(=O)C(F)(F)F)c1. The molecule has 0 saturated heterocycles. The number of halogens is 3. The number of ketones is 2. The van der Waals surface area contributed by atoms with E-state index in [1.807, 2.05) is 0 Å². The second-order valence-corrected chi connectivity index (χ2v) is 5.28. The van der Waals surface area contributed by atoms with Crippen molar-refractivity contribution in [2.24, 2.45) is 0 Å². The molecule has 100 valence electrons. The smallest absolute Gasteiger partial charge is 0.294 e. The molecule has 1 aromatic heterocycles. The van der Waals surface area contributed by atoms with Gasteiger partial charge in [0.05, 0.1) is 0 Å². The zero-order valence-electron chi connectivity index (χ0n) is 9.28. The molecular formula is C9H8F3NO4S. The highest BCUT2D eigenvalue weighted by Crippen LogP contribution is 2.27. The van der Waals surface area contributed by atoms with E-state index in [4.69, 9.17) is 0 Å². The number of carbonyl (C=O) groups excluding carboxylic acids is 2. The second kappa shape index (κ2) is 4.23. The summed E-state index contributed by atoms with van der Waals surface area (Å²) in [7, 11) is -5.72. The van der Waals surface area contributed by atoms with E-state index in [9.17, 15) is 31.2 Å². The number of Topliss-reactive ketones (excluding diaryl/α,β-unsaturated/α-hetero) is 2. The van der Waals surface area contributed by atoms with E-state index >= 15 is 0 Å². The van der Waals surface area contributed by atoms with Gasteiger partial charge in [0.15, 0.2) is 11.6 Å². The number of rotatable bonds is 3. The molecule has 0 saturated carbocycles. The van der Waals surface area contributed by atoms with Crippen molar-refractivity contribution in [3.63, 3.8) is 0 Å². The number of alkyl halides is 3. The summed E-state index contributed by atoms with van der Waals surface area (Å²) < 4.78 is 59.3. The lowest BCUT2D eigenvalue weighted by Crippen LogP contribution is -2.31. The van der Waals surface area contributed by atoms with Gasteiger partial charge >= 0.3 is 15.5 Å². The summed E-state index contributed by atoms with van der Waals surface area (Å²) in [5.41, 5.74) is -6.55. The Hall–Kier alpha value is -1.64. The molecule has 0 atom stereocenters. The first-order valence-electron chi connectivity index (χ1n) is 4.54. The molecule has 5 nitrogen and oxygen atoms in total. The molecule has 0 aromatic carbocycles. The Bertz CT molecular complexity index is 612. The standard InChI is InChI=1S/C9H8F3NO4S/c1-5(14)7-3-8(6(2)15)13(4-7)18(16,17)9(10,11)12/h3-4H,1-2H3. The van der Waals surface area contributed by atoms with Crippen LogP contribution >= 0.6 is 0 Å². The average Bonchev–Trinajstić information content (AvgIpc) is 2.60. The number of nitrogens with zero attached hydrogens (tertiary/aromatic N) is 1. The number of hydrogen-bond acceptors (Lipinski definition) is 4. The number of aromatic nitrogens is 1. The maximum Gasteiger partial charge on any atom is 0.517 e. The van der Waals surface area contributed by atoms with Crippen LogP contribution in [0.1, 0.15) is 34.7 Å². The Labute approximate surface area is 100 Å². The summed E-state index contributed by atoms with van der Waals surface area (Å²) in [4.78, 5) is 22.1. The molecule has 0 aliphatic rings. The fourth-order valence-corrected chi connectivity index (χ4v) is 2.12. The molecule has 0 unspecified atom stereocenters. The van der Waals surface area contributed by atoms with E-state index in [-0.39, 0.29) is 9.54 Å². The van der Waals surface area contributed by atoms with Gasteiger partial charge in [-0.15, -0.1) is 0 Å². The number of carbonyl (C=O) groups is 2. The van der Waals surface area contributed by atoms with Crippen LogP contribution in [-0.4, -0.2) is 29.5 Å². The maximum absolute atomic E-state index is 12.4. The molecule has 0 aliphatic carbocycles. The highest BCUT2D eigenvalue weighted by molar-refractivity contribution is 7.90. The minimum absolute atomic E-state index is 0.216.